The SMILES string of the molecule is CC1(C)C2CCC1(C)C1OC21. The van der Waals surface area contributed by atoms with E-state index in [9.17, 15) is 0 Å². The second kappa shape index (κ2) is 1.39. The predicted octanol–water partition coefficient (Wildman–Crippen LogP) is 2.21. The summed E-state index contributed by atoms with van der Waals surface area (Å²) in [7, 11) is 0. The summed E-state index contributed by atoms with van der Waals surface area (Å²) >= 11 is 0. The summed E-state index contributed by atoms with van der Waals surface area (Å²) in [5.41, 5.74) is 1.07. The van der Waals surface area contributed by atoms with Gasteiger partial charge in [0.05, 0.1) is 12.2 Å². The maximum atomic E-state index is 5.68. The summed E-state index contributed by atoms with van der Waals surface area (Å²) in [4.78, 5) is 0. The lowest BCUT2D eigenvalue weighted by Gasteiger charge is -2.36. The standard InChI is InChI=1S/C10H16O/c1-9(2)6-4-5-10(9,3)8-7(6)11-8/h6-8H,4-5H2,1-3H3. The number of rotatable bonds is 0. The van der Waals surface area contributed by atoms with Crippen LogP contribution in [0.3, 0.4) is 0 Å². The molecule has 0 amide bonds. The lowest BCUT2D eigenvalue weighted by atomic mass is 9.70. The molecule has 2 saturated carbocycles. The van der Waals surface area contributed by atoms with Crippen molar-refractivity contribution in [2.75, 3.05) is 0 Å². The second-order valence-electron chi connectivity index (χ2n) is 5.31. The molecule has 4 atom stereocenters. The fraction of sp³-hybridized carbons (Fsp3) is 1.00. The first-order valence-corrected chi connectivity index (χ1v) is 4.73. The normalized spacial score (nSPS) is 63.0. The third-order valence-electron chi connectivity index (χ3n) is 4.92. The topological polar surface area (TPSA) is 12.5 Å². The van der Waals surface area contributed by atoms with Gasteiger partial charge in [0.15, 0.2) is 0 Å². The van der Waals surface area contributed by atoms with Crippen molar-refractivity contribution in [1.29, 1.82) is 0 Å². The van der Waals surface area contributed by atoms with Gasteiger partial charge in [0.1, 0.15) is 0 Å². The second-order valence-corrected chi connectivity index (χ2v) is 5.31. The first-order chi connectivity index (χ1) is 5.07. The number of fused-ring (bicyclic) bond motifs is 5. The molecule has 0 spiro atoms. The van der Waals surface area contributed by atoms with Crippen LogP contribution >= 0.6 is 0 Å². The molecule has 2 aliphatic carbocycles. The first-order valence-electron chi connectivity index (χ1n) is 4.73. The van der Waals surface area contributed by atoms with Crippen molar-refractivity contribution >= 4 is 0 Å². The molecule has 0 aromatic carbocycles. The minimum absolute atomic E-state index is 0.516. The Kier molecular flexibility index (Phi) is 0.820. The van der Waals surface area contributed by atoms with Crippen LogP contribution in [0.4, 0.5) is 0 Å². The van der Waals surface area contributed by atoms with E-state index in [1.165, 1.54) is 12.8 Å². The van der Waals surface area contributed by atoms with E-state index in [0.717, 1.165) is 5.92 Å². The van der Waals surface area contributed by atoms with Crippen LogP contribution < -0.4 is 0 Å². The van der Waals surface area contributed by atoms with Gasteiger partial charge in [-0.2, -0.15) is 0 Å². The smallest absolute Gasteiger partial charge is 0.0903 e. The summed E-state index contributed by atoms with van der Waals surface area (Å²) < 4.78 is 5.68. The van der Waals surface area contributed by atoms with E-state index in [1.807, 2.05) is 0 Å². The van der Waals surface area contributed by atoms with Gasteiger partial charge in [-0.1, -0.05) is 20.8 Å². The molecule has 1 heteroatoms. The molecule has 3 aliphatic rings. The van der Waals surface area contributed by atoms with Crippen LogP contribution in [0.5, 0.6) is 0 Å². The van der Waals surface area contributed by atoms with Crippen molar-refractivity contribution in [2.24, 2.45) is 16.7 Å². The van der Waals surface area contributed by atoms with Gasteiger partial charge in [0.2, 0.25) is 0 Å². The van der Waals surface area contributed by atoms with Crippen LogP contribution in [-0.2, 0) is 4.74 Å². The molecule has 0 N–H and O–H groups in total. The highest BCUT2D eigenvalue weighted by Crippen LogP contribution is 2.72. The molecule has 1 heterocycles. The fourth-order valence-corrected chi connectivity index (χ4v) is 3.59. The summed E-state index contributed by atoms with van der Waals surface area (Å²) in [6.45, 7) is 7.28. The minimum Gasteiger partial charge on any atom is -0.369 e. The zero-order valence-corrected chi connectivity index (χ0v) is 7.55. The molecule has 4 unspecified atom stereocenters. The number of hydrogen-bond acceptors (Lipinski definition) is 1. The molecule has 1 nitrogen and oxygen atoms in total. The summed E-state index contributed by atoms with van der Waals surface area (Å²) in [5, 5.41) is 0. The molecule has 0 radical (unpaired) electrons. The molecule has 11 heavy (non-hydrogen) atoms. The molecular weight excluding hydrogens is 136 g/mol. The average Bonchev–Trinajstić information content (AvgIpc) is 2.60. The van der Waals surface area contributed by atoms with E-state index in [-0.39, 0.29) is 0 Å². The first kappa shape index (κ1) is 6.47. The number of hydrogen-bond donors (Lipinski definition) is 0. The summed E-state index contributed by atoms with van der Waals surface area (Å²) in [6, 6.07) is 0. The van der Waals surface area contributed by atoms with Gasteiger partial charge in [0.25, 0.3) is 0 Å². The molecule has 62 valence electrons. The highest BCUT2D eigenvalue weighted by atomic mass is 16.6. The Hall–Kier alpha value is -0.0400. The highest BCUT2D eigenvalue weighted by molar-refractivity contribution is 5.22. The third kappa shape index (κ3) is 0.462. The third-order valence-corrected chi connectivity index (χ3v) is 4.92. The van der Waals surface area contributed by atoms with Crippen molar-refractivity contribution in [3.8, 4) is 0 Å². The quantitative estimate of drug-likeness (QED) is 0.485. The van der Waals surface area contributed by atoms with Gasteiger partial charge < -0.3 is 4.74 Å². The lowest BCUT2D eigenvalue weighted by Crippen LogP contribution is -2.33. The molecule has 1 saturated heterocycles. The Labute approximate surface area is 68.1 Å². The van der Waals surface area contributed by atoms with Gasteiger partial charge in [-0.15, -0.1) is 0 Å². The Bertz CT molecular complexity index is 221. The van der Waals surface area contributed by atoms with E-state index in [0.29, 0.717) is 23.0 Å². The molecule has 0 aromatic heterocycles. The Morgan fingerprint density at radius 3 is 2.36 bits per heavy atom. The highest BCUT2D eigenvalue weighted by Gasteiger charge is 2.74. The van der Waals surface area contributed by atoms with E-state index >= 15 is 0 Å². The van der Waals surface area contributed by atoms with Gasteiger partial charge in [-0.25, -0.2) is 0 Å². The van der Waals surface area contributed by atoms with Gasteiger partial charge in [0, 0.05) is 5.41 Å². The van der Waals surface area contributed by atoms with E-state index in [4.69, 9.17) is 4.74 Å². The summed E-state index contributed by atoms with van der Waals surface area (Å²) in [6.07, 6.45) is 4.09. The van der Waals surface area contributed by atoms with Crippen molar-refractivity contribution in [3.63, 3.8) is 0 Å². The predicted molar refractivity (Wildman–Crippen MR) is 43.3 cm³/mol. The zero-order valence-electron chi connectivity index (χ0n) is 7.55. The lowest BCUT2D eigenvalue weighted by molar-refractivity contribution is 0.0499. The monoisotopic (exact) mass is 152 g/mol. The molecule has 1 aliphatic heterocycles. The van der Waals surface area contributed by atoms with E-state index in [2.05, 4.69) is 20.8 Å². The van der Waals surface area contributed by atoms with Crippen LogP contribution in [0.25, 0.3) is 0 Å². The molecule has 2 bridgehead atoms. The molecule has 3 fully saturated rings. The van der Waals surface area contributed by atoms with Crippen LogP contribution in [0.2, 0.25) is 0 Å². The van der Waals surface area contributed by atoms with Crippen LogP contribution in [-0.4, -0.2) is 12.2 Å². The largest absolute Gasteiger partial charge is 0.369 e. The minimum atomic E-state index is 0.516. The Balaban J connectivity index is 2.12. The van der Waals surface area contributed by atoms with Gasteiger partial charge in [-0.3, -0.25) is 0 Å². The molecule has 0 aromatic rings. The van der Waals surface area contributed by atoms with Crippen LogP contribution in [0, 0.1) is 16.7 Å². The number of epoxide rings is 1. The maximum Gasteiger partial charge on any atom is 0.0903 e. The van der Waals surface area contributed by atoms with Crippen molar-refractivity contribution in [3.05, 3.63) is 0 Å². The molecular formula is C10H16O. The summed E-state index contributed by atoms with van der Waals surface area (Å²) in [5.74, 6) is 0.873. The van der Waals surface area contributed by atoms with Gasteiger partial charge >= 0.3 is 0 Å². The van der Waals surface area contributed by atoms with Crippen LogP contribution in [0.15, 0.2) is 0 Å². The Morgan fingerprint density at radius 2 is 2.00 bits per heavy atom. The zero-order chi connectivity index (χ0) is 7.85. The maximum absolute atomic E-state index is 5.68. The Morgan fingerprint density at radius 1 is 1.27 bits per heavy atom. The van der Waals surface area contributed by atoms with E-state index in [1.54, 1.807) is 0 Å². The number of ether oxygens (including phenoxy) is 1. The van der Waals surface area contributed by atoms with Crippen molar-refractivity contribution in [2.45, 2.75) is 45.8 Å². The fourth-order valence-electron chi connectivity index (χ4n) is 3.59. The van der Waals surface area contributed by atoms with Crippen molar-refractivity contribution < 1.29 is 4.74 Å². The van der Waals surface area contributed by atoms with Crippen LogP contribution in [0.1, 0.15) is 33.6 Å². The van der Waals surface area contributed by atoms with Gasteiger partial charge in [-0.05, 0) is 24.2 Å². The average molecular weight is 152 g/mol. The van der Waals surface area contributed by atoms with E-state index < -0.39 is 0 Å². The molecule has 3 rings (SSSR count). The van der Waals surface area contributed by atoms with Crippen molar-refractivity contribution in [1.82, 2.24) is 0 Å².